The van der Waals surface area contributed by atoms with Crippen molar-refractivity contribution in [1.29, 1.82) is 0 Å². The van der Waals surface area contributed by atoms with E-state index in [9.17, 15) is 14.4 Å². The van der Waals surface area contributed by atoms with E-state index in [0.29, 0.717) is 28.4 Å². The molecule has 4 aromatic carbocycles. The summed E-state index contributed by atoms with van der Waals surface area (Å²) in [4.78, 5) is 39.3. The van der Waals surface area contributed by atoms with Crippen LogP contribution in [0.4, 0.5) is 11.4 Å². The highest BCUT2D eigenvalue weighted by Gasteiger charge is 2.16. The highest BCUT2D eigenvalue weighted by molar-refractivity contribution is 8.00. The van der Waals surface area contributed by atoms with Crippen LogP contribution in [0.1, 0.15) is 21.5 Å². The number of carbonyl (C=O) groups is 3. The zero-order valence-electron chi connectivity index (χ0n) is 22.2. The number of amides is 3. The fraction of sp³-hybridized carbons (Fsp3) is 0.0938. The van der Waals surface area contributed by atoms with Crippen LogP contribution in [0.5, 0.6) is 11.5 Å². The number of rotatable bonds is 9. The largest absolute Gasteiger partial charge is 0.454 e. The second-order valence-electron chi connectivity index (χ2n) is 9.17. The van der Waals surface area contributed by atoms with Crippen molar-refractivity contribution in [3.8, 4) is 11.5 Å². The van der Waals surface area contributed by atoms with Gasteiger partial charge in [-0.2, -0.15) is 0 Å². The molecule has 1 heterocycles. The number of hydrogen-bond acceptors (Lipinski definition) is 6. The van der Waals surface area contributed by atoms with Gasteiger partial charge in [-0.05, 0) is 67.1 Å². The Morgan fingerprint density at radius 1 is 0.805 bits per heavy atom. The normalized spacial score (nSPS) is 12.0. The van der Waals surface area contributed by atoms with Gasteiger partial charge in [-0.3, -0.25) is 14.4 Å². The van der Waals surface area contributed by atoms with E-state index >= 15 is 0 Å². The predicted octanol–water partition coefficient (Wildman–Crippen LogP) is 5.86. The van der Waals surface area contributed by atoms with Crippen LogP contribution in [-0.2, 0) is 9.59 Å². The molecule has 0 radical (unpaired) electrons. The number of nitrogens with one attached hydrogen (secondary N) is 3. The van der Waals surface area contributed by atoms with E-state index in [2.05, 4.69) is 16.0 Å². The zero-order chi connectivity index (χ0) is 28.6. The summed E-state index contributed by atoms with van der Waals surface area (Å²) in [6.45, 7) is 2.15. The van der Waals surface area contributed by atoms with Gasteiger partial charge in [-0.1, -0.05) is 48.0 Å². The van der Waals surface area contributed by atoms with Crippen molar-refractivity contribution >= 4 is 46.9 Å². The smallest absolute Gasteiger partial charge is 0.272 e. The van der Waals surface area contributed by atoms with Gasteiger partial charge in [0.2, 0.25) is 12.7 Å². The number of benzene rings is 4. The van der Waals surface area contributed by atoms with Crippen molar-refractivity contribution in [3.05, 3.63) is 119 Å². The zero-order valence-corrected chi connectivity index (χ0v) is 23.0. The van der Waals surface area contributed by atoms with Crippen molar-refractivity contribution < 1.29 is 23.9 Å². The van der Waals surface area contributed by atoms with Crippen molar-refractivity contribution in [1.82, 2.24) is 5.32 Å². The maximum absolute atomic E-state index is 13.2. The van der Waals surface area contributed by atoms with Crippen molar-refractivity contribution in [2.75, 3.05) is 23.2 Å². The lowest BCUT2D eigenvalue weighted by atomic mass is 10.1. The molecule has 0 aromatic heterocycles. The van der Waals surface area contributed by atoms with Crippen LogP contribution in [0.15, 0.2) is 108 Å². The van der Waals surface area contributed by atoms with Crippen LogP contribution < -0.4 is 25.4 Å². The lowest BCUT2D eigenvalue weighted by Crippen LogP contribution is -2.30. The molecule has 0 spiro atoms. The molecule has 0 aliphatic carbocycles. The quantitative estimate of drug-likeness (QED) is 0.173. The number of hydrogen-bond donors (Lipinski definition) is 3. The molecule has 0 fully saturated rings. The molecule has 0 saturated heterocycles. The highest BCUT2D eigenvalue weighted by atomic mass is 32.2. The van der Waals surface area contributed by atoms with E-state index in [0.717, 1.165) is 16.0 Å². The Labute approximate surface area is 241 Å². The second kappa shape index (κ2) is 12.9. The summed E-state index contributed by atoms with van der Waals surface area (Å²) in [5.41, 5.74) is 3.60. The van der Waals surface area contributed by atoms with E-state index < -0.39 is 5.91 Å². The predicted molar refractivity (Wildman–Crippen MR) is 160 cm³/mol. The molecule has 0 bridgehead atoms. The molecule has 0 atom stereocenters. The molecule has 1 aliphatic heterocycles. The third kappa shape index (κ3) is 7.55. The third-order valence-electron chi connectivity index (χ3n) is 6.06. The summed E-state index contributed by atoms with van der Waals surface area (Å²) in [6.07, 6.45) is 1.64. The lowest BCUT2D eigenvalue weighted by molar-refractivity contribution is -0.114. The van der Waals surface area contributed by atoms with Crippen LogP contribution in [-0.4, -0.2) is 30.3 Å². The molecule has 0 unspecified atom stereocenters. The van der Waals surface area contributed by atoms with Gasteiger partial charge in [-0.25, -0.2) is 0 Å². The van der Waals surface area contributed by atoms with Crippen LogP contribution in [0.25, 0.3) is 6.08 Å². The third-order valence-corrected chi connectivity index (χ3v) is 7.07. The van der Waals surface area contributed by atoms with Gasteiger partial charge in [-0.15, -0.1) is 11.8 Å². The SMILES string of the molecule is Cc1ccc(/C=C(\NC(=O)c2ccccc2)C(=O)Nc2ccc(SCC(=O)Nc3ccc4c(c3)OCO4)cc2)cc1. The molecule has 3 N–H and O–H groups in total. The Balaban J connectivity index is 1.20. The number of anilines is 2. The van der Waals surface area contributed by atoms with Crippen molar-refractivity contribution in [3.63, 3.8) is 0 Å². The monoisotopic (exact) mass is 565 g/mol. The highest BCUT2D eigenvalue weighted by Crippen LogP contribution is 2.34. The first-order chi connectivity index (χ1) is 19.9. The van der Waals surface area contributed by atoms with Crippen LogP contribution >= 0.6 is 11.8 Å². The summed E-state index contributed by atoms with van der Waals surface area (Å²) in [7, 11) is 0. The number of thioether (sulfide) groups is 1. The average molecular weight is 566 g/mol. The standard InChI is InChI=1S/C32H27N3O5S/c1-21-7-9-22(10-8-21)17-27(35-31(37)23-5-3-2-4-6-23)32(38)34-24-11-14-26(15-12-24)41-19-30(36)33-25-13-16-28-29(18-25)40-20-39-28/h2-18H,19-20H2,1H3,(H,33,36)(H,34,38)(H,35,37)/b27-17-. The minimum atomic E-state index is -0.460. The number of aryl methyl sites for hydroxylation is 1. The van der Waals surface area contributed by atoms with Gasteiger partial charge in [0.05, 0.1) is 5.75 Å². The van der Waals surface area contributed by atoms with Gasteiger partial charge in [0.15, 0.2) is 11.5 Å². The Morgan fingerprint density at radius 2 is 1.51 bits per heavy atom. The van der Waals surface area contributed by atoms with Crippen molar-refractivity contribution in [2.24, 2.45) is 0 Å². The summed E-state index contributed by atoms with van der Waals surface area (Å²) in [6, 6.07) is 28.7. The topological polar surface area (TPSA) is 106 Å². The molecule has 8 nitrogen and oxygen atoms in total. The summed E-state index contributed by atoms with van der Waals surface area (Å²) in [5, 5.41) is 8.43. The van der Waals surface area contributed by atoms with E-state index in [1.54, 1.807) is 60.7 Å². The Hall–Kier alpha value is -5.02. The Bertz CT molecular complexity index is 1590. The van der Waals surface area contributed by atoms with E-state index in [1.807, 2.05) is 49.4 Å². The minimum Gasteiger partial charge on any atom is -0.454 e. The Kier molecular flexibility index (Phi) is 8.66. The maximum atomic E-state index is 13.2. The lowest BCUT2D eigenvalue weighted by Gasteiger charge is -2.12. The van der Waals surface area contributed by atoms with E-state index in [1.165, 1.54) is 11.8 Å². The molecule has 5 rings (SSSR count). The van der Waals surface area contributed by atoms with Crippen molar-refractivity contribution in [2.45, 2.75) is 11.8 Å². The first kappa shape index (κ1) is 27.5. The minimum absolute atomic E-state index is 0.112. The average Bonchev–Trinajstić information content (AvgIpc) is 3.46. The number of ether oxygens (including phenoxy) is 2. The van der Waals surface area contributed by atoms with Gasteiger partial charge < -0.3 is 25.4 Å². The van der Waals surface area contributed by atoms with Gasteiger partial charge in [0.1, 0.15) is 5.70 Å². The van der Waals surface area contributed by atoms with Gasteiger partial charge in [0.25, 0.3) is 11.8 Å². The van der Waals surface area contributed by atoms with Crippen LogP contribution in [0.2, 0.25) is 0 Å². The molecule has 206 valence electrons. The number of fused-ring (bicyclic) bond motifs is 1. The van der Waals surface area contributed by atoms with Crippen LogP contribution in [0, 0.1) is 6.92 Å². The Morgan fingerprint density at radius 3 is 2.27 bits per heavy atom. The molecular weight excluding hydrogens is 538 g/mol. The van der Waals surface area contributed by atoms with E-state index in [4.69, 9.17) is 9.47 Å². The van der Waals surface area contributed by atoms with Crippen LogP contribution in [0.3, 0.4) is 0 Å². The first-order valence-electron chi connectivity index (χ1n) is 12.8. The molecule has 9 heteroatoms. The molecule has 41 heavy (non-hydrogen) atoms. The number of carbonyl (C=O) groups excluding carboxylic acids is 3. The summed E-state index contributed by atoms with van der Waals surface area (Å²) < 4.78 is 10.6. The first-order valence-corrected chi connectivity index (χ1v) is 13.8. The molecule has 4 aromatic rings. The maximum Gasteiger partial charge on any atom is 0.272 e. The molecular formula is C32H27N3O5S. The summed E-state index contributed by atoms with van der Waals surface area (Å²) in [5.74, 6) is 0.453. The summed E-state index contributed by atoms with van der Waals surface area (Å²) >= 11 is 1.37. The van der Waals surface area contributed by atoms with E-state index in [-0.39, 0.29) is 30.1 Å². The molecule has 0 saturated carbocycles. The van der Waals surface area contributed by atoms with Gasteiger partial charge in [0, 0.05) is 27.9 Å². The second-order valence-corrected chi connectivity index (χ2v) is 10.2. The fourth-order valence-electron chi connectivity index (χ4n) is 3.92. The molecule has 1 aliphatic rings. The fourth-order valence-corrected chi connectivity index (χ4v) is 4.62. The molecule has 3 amide bonds. The van der Waals surface area contributed by atoms with Gasteiger partial charge >= 0.3 is 0 Å².